The molecule has 8 aromatic carbocycles. The second-order valence-electron chi connectivity index (χ2n) is 45.9. The maximum atomic E-state index is 14.8. The lowest BCUT2D eigenvalue weighted by Gasteiger charge is -2.29. The van der Waals surface area contributed by atoms with E-state index in [1.165, 1.54) is 0 Å². The highest BCUT2D eigenvalue weighted by Gasteiger charge is 2.36. The molecule has 0 aliphatic heterocycles. The molecule has 0 fully saturated rings. The molecule has 24 nitrogen and oxygen atoms in total. The number of ether oxygens (including phenoxy) is 14. The van der Waals surface area contributed by atoms with Crippen molar-refractivity contribution in [1.29, 1.82) is 0 Å². The Balaban J connectivity index is 1.04. The fraction of sp³-hybridized carbons (Fsp3) is 0.533. The average molecular weight is 1980 g/mol. The van der Waals surface area contributed by atoms with Gasteiger partial charge in [-0.2, -0.15) is 0 Å². The molecule has 2 amide bonds. The quantitative estimate of drug-likeness (QED) is 0.0212. The molecule has 0 unspecified atom stereocenters. The Morgan fingerprint density at radius 3 is 0.410 bits per heavy atom. The number of fused-ring (bicyclic) bond motifs is 16. The van der Waals surface area contributed by atoms with E-state index in [0.717, 1.165) is 111 Å². The Kier molecular flexibility index (Phi) is 38.2. The van der Waals surface area contributed by atoms with Gasteiger partial charge in [-0.3, -0.25) is 9.59 Å². The third kappa shape index (κ3) is 31.2. The van der Waals surface area contributed by atoms with Gasteiger partial charge >= 0.3 is 35.8 Å². The minimum absolute atomic E-state index is 0.130. The van der Waals surface area contributed by atoms with Gasteiger partial charge in [0.25, 0.3) is 11.8 Å². The highest BCUT2D eigenvalue weighted by Crippen LogP contribution is 2.49. The monoisotopic (exact) mass is 1980 g/mol. The van der Waals surface area contributed by atoms with Gasteiger partial charge in [-0.25, -0.2) is 28.8 Å². The molecule has 0 saturated carbocycles. The first-order chi connectivity index (χ1) is 67.4. The minimum atomic E-state index is -0.562. The minimum Gasteiger partial charge on any atom is -0.483 e. The van der Waals surface area contributed by atoms with E-state index >= 15 is 0 Å². The van der Waals surface area contributed by atoms with Crippen molar-refractivity contribution in [3.05, 3.63) is 231 Å². The lowest BCUT2D eigenvalue weighted by Crippen LogP contribution is -2.32. The third-order valence-corrected chi connectivity index (χ3v) is 25.7. The van der Waals surface area contributed by atoms with E-state index in [4.69, 9.17) is 66.3 Å². The van der Waals surface area contributed by atoms with E-state index < -0.39 is 144 Å². The van der Waals surface area contributed by atoms with E-state index in [-0.39, 0.29) is 104 Å². The van der Waals surface area contributed by atoms with Gasteiger partial charge in [-0.15, -0.1) is 0 Å². The van der Waals surface area contributed by atoms with Gasteiger partial charge in [0.1, 0.15) is 46.0 Å². The maximum Gasteiger partial charge on any atom is 0.344 e. The first-order valence-electron chi connectivity index (χ1n) is 51.2. The molecule has 8 aromatic rings. The molecule has 2 N–H and O–H groups in total. The number of benzene rings is 8. The van der Waals surface area contributed by atoms with E-state index in [2.05, 4.69) is 274 Å². The van der Waals surface area contributed by atoms with Crippen LogP contribution in [0.3, 0.4) is 0 Å². The largest absolute Gasteiger partial charge is 0.483 e. The van der Waals surface area contributed by atoms with Crippen molar-refractivity contribution >= 4 is 47.6 Å². The Morgan fingerprint density at radius 1 is 0.194 bits per heavy atom. The van der Waals surface area contributed by atoms with E-state index in [0.29, 0.717) is 81.1 Å². The van der Waals surface area contributed by atoms with Crippen LogP contribution in [0.4, 0.5) is 0 Å². The third-order valence-electron chi connectivity index (χ3n) is 25.7. The molecule has 2 aliphatic rings. The van der Waals surface area contributed by atoms with Crippen molar-refractivity contribution in [3.63, 3.8) is 0 Å². The van der Waals surface area contributed by atoms with Crippen LogP contribution in [0.1, 0.15) is 354 Å². The molecule has 10 rings (SSSR count). The van der Waals surface area contributed by atoms with Crippen LogP contribution in [0, 0.1) is 0 Å². The molecule has 24 heteroatoms. The number of rotatable bonds is 35. The summed E-state index contributed by atoms with van der Waals surface area (Å²) in [6.45, 7) is 59.9. The topological polar surface area (TPSA) is 290 Å². The van der Waals surface area contributed by atoms with Crippen molar-refractivity contribution < 1.29 is 105 Å². The van der Waals surface area contributed by atoms with Gasteiger partial charge < -0.3 is 76.9 Å². The predicted octanol–water partition coefficient (Wildman–Crippen LogP) is 21.5. The smallest absolute Gasteiger partial charge is 0.344 e. The summed E-state index contributed by atoms with van der Waals surface area (Å²) in [5.41, 5.74) is 15.8. The molecule has 16 bridgehead atoms. The zero-order chi connectivity index (χ0) is 106. The summed E-state index contributed by atoms with van der Waals surface area (Å²) in [7, 11) is 0. The van der Waals surface area contributed by atoms with Gasteiger partial charge in [0.15, 0.2) is 52.9 Å². The van der Waals surface area contributed by atoms with Crippen LogP contribution in [0.5, 0.6) is 46.0 Å². The Labute approximate surface area is 855 Å². The number of unbranched alkanes of at least 4 members (excludes halogenated alkanes) is 1. The molecule has 2 aliphatic carbocycles. The van der Waals surface area contributed by atoms with Crippen LogP contribution in [0.25, 0.3) is 0 Å². The van der Waals surface area contributed by atoms with E-state index in [1.807, 2.05) is 0 Å². The van der Waals surface area contributed by atoms with Crippen LogP contribution in [0.15, 0.2) is 97.1 Å². The van der Waals surface area contributed by atoms with Gasteiger partial charge in [0.05, 0.1) is 39.6 Å². The average Bonchev–Trinajstić information content (AvgIpc) is 0.758. The fourth-order valence-corrected chi connectivity index (χ4v) is 17.8. The van der Waals surface area contributed by atoms with Crippen LogP contribution in [-0.2, 0) is 161 Å². The zero-order valence-electron chi connectivity index (χ0n) is 91.6. The highest BCUT2D eigenvalue weighted by molar-refractivity contribution is 5.79. The Bertz CT molecular complexity index is 5320. The molecule has 0 radical (unpaired) electrons. The van der Waals surface area contributed by atoms with Crippen molar-refractivity contribution in [2.24, 2.45) is 0 Å². The fourth-order valence-electron chi connectivity index (χ4n) is 17.8. The van der Waals surface area contributed by atoms with Crippen molar-refractivity contribution in [2.75, 3.05) is 106 Å². The van der Waals surface area contributed by atoms with Gasteiger partial charge in [-0.1, -0.05) is 263 Å². The molecule has 0 spiro atoms. The van der Waals surface area contributed by atoms with Gasteiger partial charge in [0.2, 0.25) is 0 Å². The Morgan fingerprint density at radius 2 is 0.306 bits per heavy atom. The lowest BCUT2D eigenvalue weighted by atomic mass is 9.79. The number of esters is 6. The second-order valence-corrected chi connectivity index (χ2v) is 45.9. The van der Waals surface area contributed by atoms with Crippen LogP contribution in [-0.4, -0.2) is 153 Å². The number of carbonyl (C=O) groups excluding carboxylic acids is 8. The number of hydrogen-bond donors (Lipinski definition) is 2. The van der Waals surface area contributed by atoms with Crippen molar-refractivity contribution in [2.45, 2.75) is 315 Å². The van der Waals surface area contributed by atoms with Crippen LogP contribution < -0.4 is 48.5 Å². The molecule has 0 heterocycles. The molecular weight excluding hydrogens is 1820 g/mol. The van der Waals surface area contributed by atoms with Gasteiger partial charge in [-0.05, 0) is 231 Å². The molecule has 0 saturated heterocycles. The number of carbonyl (C=O) groups is 8. The summed E-state index contributed by atoms with van der Waals surface area (Å²) in [6, 6.07) is 33.9. The van der Waals surface area contributed by atoms with Crippen LogP contribution in [0.2, 0.25) is 0 Å². The second kappa shape index (κ2) is 48.3. The summed E-state index contributed by atoms with van der Waals surface area (Å²) in [4.78, 5) is 112. The molecule has 144 heavy (non-hydrogen) atoms. The van der Waals surface area contributed by atoms with Crippen LogP contribution >= 0.6 is 0 Å². The normalized spacial score (nSPS) is 13.0. The molecule has 0 atom stereocenters. The van der Waals surface area contributed by atoms with Crippen molar-refractivity contribution in [3.8, 4) is 46.0 Å². The first kappa shape index (κ1) is 114. The first-order valence-corrected chi connectivity index (χ1v) is 51.2. The number of hydrogen-bond acceptors (Lipinski definition) is 22. The molecule has 0 aromatic heterocycles. The summed E-state index contributed by atoms with van der Waals surface area (Å²) < 4.78 is 88.5. The standard InChI is InChI=1S/C120H160N2O22/c1-31-131-99(125)67-139-107-77-41-73-49-89(113(7,8)9)50-74(42-78-54-92(116(16,17)18)58-82(108(78)140-68-100(126)132-32-2)46-86-62-95(119(25,26)27)61-85(111(86)143-71-103(129)135-35-5)45-81(107)57-91(53-77)115(13,14)15)105(73)137-65-97(123)121-39-37-38-40-122-98(124)66-138-106-75-43-79-55-93(117(19,20)21)59-83(109(79)141-69-101(127)133-33-3)47-87-63-96(120(28,29)30)64-88(112(87)144-72-104(130)136-36-6)48-84-60-94(118(22,23)24)56-80(110(84)142-70-102(128)134-34-4)44-76(106)52-90(51-75)114(10,11)12/h49-64H,31-48,65-72H2,1-30H3,(H,121,123)(H,122,124). The highest BCUT2D eigenvalue weighted by atomic mass is 16.6. The van der Waals surface area contributed by atoms with Gasteiger partial charge in [0, 0.05) is 64.5 Å². The van der Waals surface area contributed by atoms with E-state index in [1.54, 1.807) is 41.5 Å². The number of amides is 2. The summed E-state index contributed by atoms with van der Waals surface area (Å²) in [5, 5.41) is 6.24. The Hall–Kier alpha value is -12.1. The number of nitrogens with one attached hydrogen (secondary N) is 2. The zero-order valence-corrected chi connectivity index (χ0v) is 91.6. The summed E-state index contributed by atoms with van der Waals surface area (Å²) >= 11 is 0. The lowest BCUT2D eigenvalue weighted by molar-refractivity contribution is -0.146. The summed E-state index contributed by atoms with van der Waals surface area (Å²) in [6.07, 6.45) is 2.37. The van der Waals surface area contributed by atoms with Crippen molar-refractivity contribution in [1.82, 2.24) is 10.6 Å². The van der Waals surface area contributed by atoms with E-state index in [9.17, 15) is 38.4 Å². The SMILES string of the molecule is CCOC(=O)COc1c2cc(C(C)(C)C)cc1Cc1cc(C(C)(C)C)cc(c1OCC(=O)OCC)Cc1cc(C(C)(C)C)cc(c1OCC(=O)OCC)Cc1cc(C(C)(C)C)cc(c1OCC(=O)NCCCCNC(=O)COc1c3cc(C(C)(C)C)cc1Cc1cc(C(C)(C)C)cc(c1OCC(=O)OCC)Cc1cc(C(C)(C)C)cc(c1OCC(=O)OCC)Cc1cc(C(C)(C)C)cc(c1OCC(=O)OCC)C3)C2. The predicted molar refractivity (Wildman–Crippen MR) is 563 cm³/mol. The summed E-state index contributed by atoms with van der Waals surface area (Å²) in [5.74, 6) is -0.644. The maximum absolute atomic E-state index is 14.8. The molecular formula is C120H160N2O22. The molecule has 782 valence electrons.